The molecule has 0 bridgehead atoms. The van der Waals surface area contributed by atoms with Gasteiger partial charge in [-0.3, -0.25) is 14.8 Å². The van der Waals surface area contributed by atoms with Gasteiger partial charge in [0, 0.05) is 53.6 Å². The molecule has 4 rings (SSSR count). The van der Waals surface area contributed by atoms with E-state index < -0.39 is 12.1 Å². The van der Waals surface area contributed by atoms with Gasteiger partial charge in [-0.2, -0.15) is 13.2 Å². The van der Waals surface area contributed by atoms with E-state index in [4.69, 9.17) is 9.90 Å². The van der Waals surface area contributed by atoms with Gasteiger partial charge in [-0.25, -0.2) is 4.79 Å². The van der Waals surface area contributed by atoms with Crippen molar-refractivity contribution >= 4 is 11.9 Å². The molecule has 0 fully saturated rings. The summed E-state index contributed by atoms with van der Waals surface area (Å²) in [6.45, 7) is 2.64. The summed E-state index contributed by atoms with van der Waals surface area (Å²) in [5, 5.41) is 9.99. The third-order valence-electron chi connectivity index (χ3n) is 4.33. The predicted molar refractivity (Wildman–Crippen MR) is 102 cm³/mol. The highest BCUT2D eigenvalue weighted by Crippen LogP contribution is 2.26. The van der Waals surface area contributed by atoms with E-state index in [0.717, 1.165) is 45.9 Å². The van der Waals surface area contributed by atoms with Crippen LogP contribution in [0.15, 0.2) is 42.7 Å². The van der Waals surface area contributed by atoms with E-state index >= 15 is 0 Å². The fourth-order valence-electron chi connectivity index (χ4n) is 2.82. The van der Waals surface area contributed by atoms with Gasteiger partial charge in [0.05, 0.1) is 11.3 Å². The summed E-state index contributed by atoms with van der Waals surface area (Å²) in [7, 11) is 0. The highest BCUT2D eigenvalue weighted by Gasteiger charge is 2.38. The largest absolute Gasteiger partial charge is 0.490 e. The number of hydrogen-bond acceptors (Lipinski definition) is 4. The number of fused-ring (bicyclic) bond motifs is 1. The molecule has 0 aliphatic carbocycles. The summed E-state index contributed by atoms with van der Waals surface area (Å²) in [5.74, 6) is -2.77. The molecule has 0 unspecified atom stereocenters. The van der Waals surface area contributed by atoms with Crippen LogP contribution in [0.5, 0.6) is 0 Å². The Kier molecular flexibility index (Phi) is 5.86. The van der Waals surface area contributed by atoms with Crippen molar-refractivity contribution in [3.63, 3.8) is 0 Å². The number of carboxylic acids is 1. The number of carboxylic acid groups (broad SMARTS) is 1. The van der Waals surface area contributed by atoms with Crippen molar-refractivity contribution in [2.75, 3.05) is 6.54 Å². The van der Waals surface area contributed by atoms with Crippen LogP contribution in [0.2, 0.25) is 0 Å². The highest BCUT2D eigenvalue weighted by atomic mass is 19.4. The Morgan fingerprint density at radius 2 is 1.87 bits per heavy atom. The number of alkyl halides is 3. The first-order valence-electron chi connectivity index (χ1n) is 8.85. The van der Waals surface area contributed by atoms with Crippen LogP contribution in [-0.2, 0) is 11.2 Å². The lowest BCUT2D eigenvalue weighted by atomic mass is 10.1. The van der Waals surface area contributed by atoms with Gasteiger partial charge in [-0.15, -0.1) is 0 Å². The lowest BCUT2D eigenvalue weighted by molar-refractivity contribution is -0.192. The Hall–Kier alpha value is -3.69. The van der Waals surface area contributed by atoms with Crippen molar-refractivity contribution in [2.45, 2.75) is 19.5 Å². The van der Waals surface area contributed by atoms with Crippen LogP contribution in [0.25, 0.3) is 22.5 Å². The number of aromatic amines is 1. The minimum Gasteiger partial charge on any atom is -0.475 e. The molecule has 1 aliphatic heterocycles. The Morgan fingerprint density at radius 1 is 1.13 bits per heavy atom. The van der Waals surface area contributed by atoms with Crippen molar-refractivity contribution in [2.24, 2.45) is 0 Å². The van der Waals surface area contributed by atoms with Crippen LogP contribution >= 0.6 is 0 Å². The van der Waals surface area contributed by atoms with Crippen LogP contribution in [0, 0.1) is 6.92 Å². The molecular weight excluding hydrogens is 401 g/mol. The maximum absolute atomic E-state index is 11.9. The lowest BCUT2D eigenvalue weighted by Crippen LogP contribution is -2.31. The van der Waals surface area contributed by atoms with Crippen molar-refractivity contribution in [3.05, 3.63) is 59.7 Å². The number of amides is 1. The molecule has 0 spiro atoms. The van der Waals surface area contributed by atoms with E-state index in [0.29, 0.717) is 6.54 Å². The van der Waals surface area contributed by atoms with Gasteiger partial charge < -0.3 is 15.4 Å². The van der Waals surface area contributed by atoms with Crippen molar-refractivity contribution in [1.82, 2.24) is 20.3 Å². The van der Waals surface area contributed by atoms with Gasteiger partial charge in [-0.1, -0.05) is 0 Å². The number of hydrogen-bond donors (Lipinski definition) is 3. The minimum absolute atomic E-state index is 0.00855. The average Bonchev–Trinajstić information content (AvgIpc) is 3.14. The first-order chi connectivity index (χ1) is 14.1. The number of H-pyrrole nitrogens is 1. The molecule has 0 saturated heterocycles. The smallest absolute Gasteiger partial charge is 0.475 e. The number of carbonyl (C=O) groups excluding carboxylic acids is 1. The summed E-state index contributed by atoms with van der Waals surface area (Å²) >= 11 is 0. The molecule has 1 amide bonds. The Labute approximate surface area is 169 Å². The number of pyridine rings is 2. The third-order valence-corrected chi connectivity index (χ3v) is 4.33. The zero-order valence-electron chi connectivity index (χ0n) is 15.7. The summed E-state index contributed by atoms with van der Waals surface area (Å²) in [6, 6.07) is 9.86. The monoisotopic (exact) mass is 418 g/mol. The molecule has 3 aromatic heterocycles. The molecular formula is C20H17F3N4O3. The second-order valence-electron chi connectivity index (χ2n) is 6.50. The van der Waals surface area contributed by atoms with E-state index in [1.165, 1.54) is 0 Å². The molecule has 0 radical (unpaired) electrons. The number of aromatic nitrogens is 3. The Morgan fingerprint density at radius 3 is 2.47 bits per heavy atom. The van der Waals surface area contributed by atoms with E-state index in [1.54, 1.807) is 6.20 Å². The van der Waals surface area contributed by atoms with Crippen LogP contribution < -0.4 is 5.32 Å². The molecule has 3 aromatic rings. The molecule has 0 aromatic carbocycles. The predicted octanol–water partition coefficient (Wildman–Crippen LogP) is 3.37. The molecule has 0 atom stereocenters. The Bertz CT molecular complexity index is 1080. The summed E-state index contributed by atoms with van der Waals surface area (Å²) in [4.78, 5) is 32.9. The van der Waals surface area contributed by atoms with Crippen molar-refractivity contribution in [3.8, 4) is 22.5 Å². The van der Waals surface area contributed by atoms with Gasteiger partial charge >= 0.3 is 12.1 Å². The Balaban J connectivity index is 0.000000318. The van der Waals surface area contributed by atoms with Crippen LogP contribution in [0.3, 0.4) is 0 Å². The normalized spacial score (nSPS) is 13.0. The lowest BCUT2D eigenvalue weighted by Gasteiger charge is -2.10. The number of nitrogens with one attached hydrogen (secondary N) is 2. The number of nitrogens with zero attached hydrogens (tertiary/aromatic N) is 2. The average molecular weight is 418 g/mol. The second kappa shape index (κ2) is 8.36. The SMILES string of the molecule is Cc1ccc(-c2cc(-c3cc4c([nH]3)CCNC4=O)ccn2)cn1.O=C(O)C(F)(F)F. The molecule has 3 N–H and O–H groups in total. The number of rotatable bonds is 2. The number of aryl methyl sites for hydroxylation is 1. The van der Waals surface area contributed by atoms with Crippen molar-refractivity contribution in [1.29, 1.82) is 0 Å². The van der Waals surface area contributed by atoms with E-state index in [9.17, 15) is 18.0 Å². The van der Waals surface area contributed by atoms with Crippen LogP contribution in [0.4, 0.5) is 13.2 Å². The van der Waals surface area contributed by atoms with E-state index in [2.05, 4.69) is 20.3 Å². The molecule has 1 aliphatic rings. The summed E-state index contributed by atoms with van der Waals surface area (Å²) in [5.41, 5.74) is 6.51. The van der Waals surface area contributed by atoms with E-state index in [-0.39, 0.29) is 5.91 Å². The second-order valence-corrected chi connectivity index (χ2v) is 6.50. The first-order valence-corrected chi connectivity index (χ1v) is 8.85. The van der Waals surface area contributed by atoms with Gasteiger partial charge in [-0.05, 0) is 37.3 Å². The van der Waals surface area contributed by atoms with Gasteiger partial charge in [0.1, 0.15) is 0 Å². The van der Waals surface area contributed by atoms with Gasteiger partial charge in [0.15, 0.2) is 0 Å². The van der Waals surface area contributed by atoms with Crippen molar-refractivity contribution < 1.29 is 27.9 Å². The van der Waals surface area contributed by atoms with Gasteiger partial charge in [0.2, 0.25) is 0 Å². The first kappa shape index (κ1) is 21.0. The minimum atomic E-state index is -5.08. The molecule has 7 nitrogen and oxygen atoms in total. The standard InChI is InChI=1S/C18H16N4O.C2HF3O2/c1-11-2-3-13(10-21-11)16-8-12(4-6-19-16)17-9-14-15(22-17)5-7-20-18(14)23;3-2(4,5)1(6)7/h2-4,6,8-10,22H,5,7H2,1H3,(H,20,23);(H,6,7). The topological polar surface area (TPSA) is 108 Å². The van der Waals surface area contributed by atoms with E-state index in [1.807, 2.05) is 43.5 Å². The third kappa shape index (κ3) is 4.83. The maximum atomic E-state index is 11.9. The number of halogens is 3. The fourth-order valence-corrected chi connectivity index (χ4v) is 2.82. The zero-order valence-corrected chi connectivity index (χ0v) is 15.7. The summed E-state index contributed by atoms with van der Waals surface area (Å²) < 4.78 is 31.7. The van der Waals surface area contributed by atoms with Crippen LogP contribution in [-0.4, -0.2) is 44.7 Å². The molecule has 30 heavy (non-hydrogen) atoms. The van der Waals surface area contributed by atoms with Crippen LogP contribution in [0.1, 0.15) is 21.7 Å². The van der Waals surface area contributed by atoms with Gasteiger partial charge in [0.25, 0.3) is 5.91 Å². The molecule has 4 heterocycles. The highest BCUT2D eigenvalue weighted by molar-refractivity contribution is 5.97. The quantitative estimate of drug-likeness (QED) is 0.592. The summed E-state index contributed by atoms with van der Waals surface area (Å²) in [6.07, 6.45) is -0.639. The molecule has 156 valence electrons. The number of carbonyl (C=O) groups is 2. The molecule has 10 heteroatoms. The fraction of sp³-hybridized carbons (Fsp3) is 0.200. The zero-order chi connectivity index (χ0) is 21.9. The maximum Gasteiger partial charge on any atom is 0.490 e. The molecule has 0 saturated carbocycles. The number of aliphatic carboxylic acids is 1.